The first-order valence-corrected chi connectivity index (χ1v) is 7.50. The Bertz CT molecular complexity index is 644. The van der Waals surface area contributed by atoms with E-state index in [1.165, 1.54) is 11.8 Å². The zero-order valence-electron chi connectivity index (χ0n) is 12.1. The standard InChI is InChI=1S/C16H18N2O2S/c1-11-6-7-15(14(17)8-11)18-16(19)10-21-13-5-3-4-12(9-13)20-2/h3-9H,10,17H2,1-2H3,(H,18,19). The Kier molecular flexibility index (Phi) is 5.11. The molecule has 0 saturated heterocycles. The van der Waals surface area contributed by atoms with Crippen molar-refractivity contribution in [2.24, 2.45) is 0 Å². The summed E-state index contributed by atoms with van der Waals surface area (Å²) in [6.45, 7) is 1.96. The highest BCUT2D eigenvalue weighted by atomic mass is 32.2. The smallest absolute Gasteiger partial charge is 0.234 e. The molecule has 0 aliphatic carbocycles. The van der Waals surface area contributed by atoms with Crippen molar-refractivity contribution in [3.05, 3.63) is 48.0 Å². The molecule has 0 aliphatic heterocycles. The number of methoxy groups -OCH3 is 1. The monoisotopic (exact) mass is 302 g/mol. The van der Waals surface area contributed by atoms with Crippen LogP contribution in [0.1, 0.15) is 5.56 Å². The molecule has 0 radical (unpaired) electrons. The number of rotatable bonds is 5. The van der Waals surface area contributed by atoms with Crippen molar-refractivity contribution in [2.75, 3.05) is 23.9 Å². The Labute approximate surface area is 128 Å². The first kappa shape index (κ1) is 15.3. The van der Waals surface area contributed by atoms with Gasteiger partial charge in [0.1, 0.15) is 5.75 Å². The summed E-state index contributed by atoms with van der Waals surface area (Å²) in [5.74, 6) is 1.02. The van der Waals surface area contributed by atoms with Gasteiger partial charge >= 0.3 is 0 Å². The Morgan fingerprint density at radius 2 is 2.10 bits per heavy atom. The van der Waals surface area contributed by atoms with E-state index in [-0.39, 0.29) is 5.91 Å². The molecule has 0 atom stereocenters. The number of nitrogens with two attached hydrogens (primary N) is 1. The third-order valence-electron chi connectivity index (χ3n) is 2.89. The van der Waals surface area contributed by atoms with Crippen molar-refractivity contribution in [1.29, 1.82) is 0 Å². The van der Waals surface area contributed by atoms with E-state index in [0.717, 1.165) is 16.2 Å². The van der Waals surface area contributed by atoms with Crippen LogP contribution in [0, 0.1) is 6.92 Å². The van der Waals surface area contributed by atoms with Crippen LogP contribution < -0.4 is 15.8 Å². The quantitative estimate of drug-likeness (QED) is 0.657. The number of thioether (sulfide) groups is 1. The predicted molar refractivity (Wildman–Crippen MR) is 87.9 cm³/mol. The van der Waals surface area contributed by atoms with Crippen LogP contribution in [0.4, 0.5) is 11.4 Å². The van der Waals surface area contributed by atoms with E-state index >= 15 is 0 Å². The van der Waals surface area contributed by atoms with E-state index < -0.39 is 0 Å². The molecule has 0 spiro atoms. The number of aryl methyl sites for hydroxylation is 1. The van der Waals surface area contributed by atoms with Gasteiger partial charge in [0.2, 0.25) is 5.91 Å². The van der Waals surface area contributed by atoms with Crippen LogP contribution in [-0.4, -0.2) is 18.8 Å². The van der Waals surface area contributed by atoms with Crippen LogP contribution in [0.25, 0.3) is 0 Å². The van der Waals surface area contributed by atoms with Crippen LogP contribution in [0.3, 0.4) is 0 Å². The molecule has 110 valence electrons. The average molecular weight is 302 g/mol. The third kappa shape index (κ3) is 4.43. The number of carbonyl (C=O) groups is 1. The average Bonchev–Trinajstić information content (AvgIpc) is 2.48. The number of anilines is 2. The van der Waals surface area contributed by atoms with Crippen molar-refractivity contribution in [2.45, 2.75) is 11.8 Å². The van der Waals surface area contributed by atoms with Gasteiger partial charge in [0.25, 0.3) is 0 Å². The fourth-order valence-electron chi connectivity index (χ4n) is 1.82. The van der Waals surface area contributed by atoms with E-state index in [2.05, 4.69) is 5.32 Å². The zero-order chi connectivity index (χ0) is 15.2. The SMILES string of the molecule is COc1cccc(SCC(=O)Nc2ccc(C)cc2N)c1. The minimum absolute atomic E-state index is 0.0848. The lowest BCUT2D eigenvalue weighted by Crippen LogP contribution is -2.15. The second kappa shape index (κ2) is 7.04. The van der Waals surface area contributed by atoms with Crippen molar-refractivity contribution in [3.8, 4) is 5.75 Å². The van der Waals surface area contributed by atoms with Gasteiger partial charge < -0.3 is 15.8 Å². The molecule has 0 heterocycles. The van der Waals surface area contributed by atoms with Gasteiger partial charge in [-0.1, -0.05) is 12.1 Å². The normalized spacial score (nSPS) is 10.2. The fourth-order valence-corrected chi connectivity index (χ4v) is 2.57. The minimum Gasteiger partial charge on any atom is -0.497 e. The maximum atomic E-state index is 12.0. The molecule has 2 aromatic carbocycles. The van der Waals surface area contributed by atoms with Gasteiger partial charge in [0.05, 0.1) is 24.2 Å². The maximum Gasteiger partial charge on any atom is 0.234 e. The number of nitrogen functional groups attached to an aromatic ring is 1. The Morgan fingerprint density at radius 1 is 1.29 bits per heavy atom. The van der Waals surface area contributed by atoms with E-state index in [0.29, 0.717) is 17.1 Å². The van der Waals surface area contributed by atoms with Gasteiger partial charge in [0, 0.05) is 4.90 Å². The van der Waals surface area contributed by atoms with Gasteiger partial charge in [-0.25, -0.2) is 0 Å². The fraction of sp³-hybridized carbons (Fsp3) is 0.188. The van der Waals surface area contributed by atoms with Crippen molar-refractivity contribution >= 4 is 29.0 Å². The Hall–Kier alpha value is -2.14. The summed E-state index contributed by atoms with van der Waals surface area (Å²) in [5, 5.41) is 2.82. The third-order valence-corrected chi connectivity index (χ3v) is 3.89. The van der Waals surface area contributed by atoms with Gasteiger partial charge in [-0.05, 0) is 42.8 Å². The lowest BCUT2D eigenvalue weighted by molar-refractivity contribution is -0.113. The van der Waals surface area contributed by atoms with Crippen LogP contribution in [-0.2, 0) is 4.79 Å². The summed E-state index contributed by atoms with van der Waals surface area (Å²) < 4.78 is 5.15. The lowest BCUT2D eigenvalue weighted by atomic mass is 10.2. The molecular weight excluding hydrogens is 284 g/mol. The van der Waals surface area contributed by atoms with Gasteiger partial charge in [-0.15, -0.1) is 11.8 Å². The number of hydrogen-bond donors (Lipinski definition) is 2. The number of benzene rings is 2. The summed E-state index contributed by atoms with van der Waals surface area (Å²) >= 11 is 1.45. The molecule has 4 nitrogen and oxygen atoms in total. The highest BCUT2D eigenvalue weighted by Crippen LogP contribution is 2.24. The second-order valence-corrected chi connectivity index (χ2v) is 5.66. The van der Waals surface area contributed by atoms with E-state index in [1.54, 1.807) is 7.11 Å². The van der Waals surface area contributed by atoms with Gasteiger partial charge in [-0.3, -0.25) is 4.79 Å². The molecule has 5 heteroatoms. The van der Waals surface area contributed by atoms with Gasteiger partial charge in [-0.2, -0.15) is 0 Å². The molecule has 0 aliphatic rings. The number of ether oxygens (including phenoxy) is 1. The summed E-state index contributed by atoms with van der Waals surface area (Å²) in [4.78, 5) is 12.9. The molecule has 0 fully saturated rings. The van der Waals surface area contributed by atoms with Crippen molar-refractivity contribution in [1.82, 2.24) is 0 Å². The topological polar surface area (TPSA) is 64.3 Å². The van der Waals surface area contributed by atoms with Crippen molar-refractivity contribution in [3.63, 3.8) is 0 Å². The highest BCUT2D eigenvalue weighted by molar-refractivity contribution is 8.00. The molecular formula is C16H18N2O2S. The van der Waals surface area contributed by atoms with E-state index in [1.807, 2.05) is 49.4 Å². The molecule has 0 bridgehead atoms. The van der Waals surface area contributed by atoms with Gasteiger partial charge in [0.15, 0.2) is 0 Å². The zero-order valence-corrected chi connectivity index (χ0v) is 12.9. The lowest BCUT2D eigenvalue weighted by Gasteiger charge is -2.09. The molecule has 0 unspecified atom stereocenters. The predicted octanol–water partition coefficient (Wildman–Crippen LogP) is 3.32. The summed E-state index contributed by atoms with van der Waals surface area (Å²) in [7, 11) is 1.62. The molecule has 2 aromatic rings. The van der Waals surface area contributed by atoms with Crippen LogP contribution in [0.2, 0.25) is 0 Å². The second-order valence-electron chi connectivity index (χ2n) is 4.61. The molecule has 0 aromatic heterocycles. The van der Waals surface area contributed by atoms with Crippen LogP contribution >= 0.6 is 11.8 Å². The first-order valence-electron chi connectivity index (χ1n) is 6.51. The molecule has 2 rings (SSSR count). The van der Waals surface area contributed by atoms with E-state index in [4.69, 9.17) is 10.5 Å². The number of amides is 1. The van der Waals surface area contributed by atoms with Crippen LogP contribution in [0.5, 0.6) is 5.75 Å². The first-order chi connectivity index (χ1) is 10.1. The molecule has 21 heavy (non-hydrogen) atoms. The highest BCUT2D eigenvalue weighted by Gasteiger charge is 2.06. The number of carbonyl (C=O) groups excluding carboxylic acids is 1. The van der Waals surface area contributed by atoms with E-state index in [9.17, 15) is 4.79 Å². The maximum absolute atomic E-state index is 12.0. The molecule has 3 N–H and O–H groups in total. The summed E-state index contributed by atoms with van der Waals surface area (Å²) in [5.41, 5.74) is 8.17. The molecule has 0 saturated carbocycles. The minimum atomic E-state index is -0.0848. The number of hydrogen-bond acceptors (Lipinski definition) is 4. The number of nitrogens with one attached hydrogen (secondary N) is 1. The Morgan fingerprint density at radius 3 is 2.81 bits per heavy atom. The van der Waals surface area contributed by atoms with Crippen LogP contribution in [0.15, 0.2) is 47.4 Å². The van der Waals surface area contributed by atoms with Crippen molar-refractivity contribution < 1.29 is 9.53 Å². The summed E-state index contributed by atoms with van der Waals surface area (Å²) in [6.07, 6.45) is 0. The summed E-state index contributed by atoms with van der Waals surface area (Å²) in [6, 6.07) is 13.2. The molecule has 1 amide bonds. The largest absolute Gasteiger partial charge is 0.497 e. The Balaban J connectivity index is 1.92.